The molecule has 0 spiro atoms. The molecule has 4 rings (SSSR count). The Morgan fingerprint density at radius 2 is 2.09 bits per heavy atom. The molecule has 0 unspecified atom stereocenters. The predicted octanol–water partition coefficient (Wildman–Crippen LogP) is 3.50. The standard InChI is InChI=1S/C16H11N3O3S/c1-10-18-15-14(12(9-23-15)13-5-3-7-22-13)16(20)19(10)17-8-11-4-2-6-21-11/h2-9H,1H3/b17-8+. The number of furan rings is 2. The Kier molecular flexibility index (Phi) is 3.20. The summed E-state index contributed by atoms with van der Waals surface area (Å²) < 4.78 is 11.9. The Balaban J connectivity index is 1.92. The van der Waals surface area contributed by atoms with Crippen LogP contribution in [0.4, 0.5) is 0 Å². The van der Waals surface area contributed by atoms with Gasteiger partial charge in [-0.3, -0.25) is 4.79 Å². The van der Waals surface area contributed by atoms with Crippen LogP contribution in [0.3, 0.4) is 0 Å². The minimum absolute atomic E-state index is 0.233. The third kappa shape index (κ3) is 2.31. The van der Waals surface area contributed by atoms with Gasteiger partial charge in [-0.15, -0.1) is 11.3 Å². The van der Waals surface area contributed by atoms with Crippen LogP contribution in [0.15, 0.2) is 60.9 Å². The van der Waals surface area contributed by atoms with Crippen LogP contribution in [-0.4, -0.2) is 15.9 Å². The molecular weight excluding hydrogens is 314 g/mol. The highest BCUT2D eigenvalue weighted by Gasteiger charge is 2.16. The third-order valence-corrected chi connectivity index (χ3v) is 4.25. The molecule has 0 atom stereocenters. The quantitative estimate of drug-likeness (QED) is 0.540. The van der Waals surface area contributed by atoms with Gasteiger partial charge in [0.15, 0.2) is 0 Å². The predicted molar refractivity (Wildman–Crippen MR) is 88.0 cm³/mol. The zero-order valence-corrected chi connectivity index (χ0v) is 12.9. The lowest BCUT2D eigenvalue weighted by molar-refractivity contribution is 0.559. The molecule has 0 radical (unpaired) electrons. The number of rotatable bonds is 3. The van der Waals surface area contributed by atoms with Crippen molar-refractivity contribution in [3.05, 3.63) is 64.1 Å². The van der Waals surface area contributed by atoms with Crippen LogP contribution in [0.5, 0.6) is 0 Å². The first kappa shape index (κ1) is 13.7. The zero-order chi connectivity index (χ0) is 15.8. The number of fused-ring (bicyclic) bond motifs is 1. The van der Waals surface area contributed by atoms with Crippen molar-refractivity contribution in [1.29, 1.82) is 0 Å². The number of hydrogen-bond donors (Lipinski definition) is 0. The van der Waals surface area contributed by atoms with Crippen molar-refractivity contribution < 1.29 is 8.83 Å². The second kappa shape index (κ2) is 5.36. The summed E-state index contributed by atoms with van der Waals surface area (Å²) in [4.78, 5) is 18.0. The van der Waals surface area contributed by atoms with Gasteiger partial charge in [0.1, 0.15) is 22.2 Å². The highest BCUT2D eigenvalue weighted by Crippen LogP contribution is 2.31. The Labute approximate surface area is 134 Å². The normalized spacial score (nSPS) is 11.7. The first-order chi connectivity index (χ1) is 11.2. The van der Waals surface area contributed by atoms with Gasteiger partial charge in [0.25, 0.3) is 5.56 Å². The molecule has 0 N–H and O–H groups in total. The second-order valence-electron chi connectivity index (χ2n) is 4.84. The van der Waals surface area contributed by atoms with Gasteiger partial charge >= 0.3 is 0 Å². The number of aryl methyl sites for hydroxylation is 1. The van der Waals surface area contributed by atoms with E-state index in [-0.39, 0.29) is 5.56 Å². The molecular formula is C16H11N3O3S. The maximum Gasteiger partial charge on any atom is 0.283 e. The maximum atomic E-state index is 12.8. The molecule has 114 valence electrons. The average molecular weight is 325 g/mol. The van der Waals surface area contributed by atoms with Crippen molar-refractivity contribution in [3.8, 4) is 11.3 Å². The summed E-state index contributed by atoms with van der Waals surface area (Å²) in [6.07, 6.45) is 4.61. The fraction of sp³-hybridized carbons (Fsp3) is 0.0625. The third-order valence-electron chi connectivity index (χ3n) is 3.38. The summed E-state index contributed by atoms with van der Waals surface area (Å²) in [6.45, 7) is 1.74. The van der Waals surface area contributed by atoms with Crippen molar-refractivity contribution in [2.24, 2.45) is 5.10 Å². The van der Waals surface area contributed by atoms with E-state index in [9.17, 15) is 4.79 Å². The highest BCUT2D eigenvalue weighted by molar-refractivity contribution is 7.17. The summed E-state index contributed by atoms with van der Waals surface area (Å²) in [5.41, 5.74) is 0.498. The molecule has 4 aromatic heterocycles. The molecule has 0 saturated heterocycles. The molecule has 4 heterocycles. The largest absolute Gasteiger partial charge is 0.464 e. The molecule has 0 aliphatic rings. The van der Waals surface area contributed by atoms with Crippen LogP contribution < -0.4 is 5.56 Å². The monoisotopic (exact) mass is 325 g/mol. The minimum Gasteiger partial charge on any atom is -0.464 e. The van der Waals surface area contributed by atoms with Crippen molar-refractivity contribution >= 4 is 27.8 Å². The lowest BCUT2D eigenvalue weighted by atomic mass is 10.2. The molecule has 7 heteroatoms. The molecule has 0 aromatic carbocycles. The fourth-order valence-corrected chi connectivity index (χ4v) is 3.28. The Bertz CT molecular complexity index is 1040. The lowest BCUT2D eigenvalue weighted by Crippen LogP contribution is -2.20. The van der Waals surface area contributed by atoms with Crippen LogP contribution in [0.2, 0.25) is 0 Å². The van der Waals surface area contributed by atoms with Gasteiger partial charge < -0.3 is 8.83 Å². The van der Waals surface area contributed by atoms with Crippen molar-refractivity contribution in [1.82, 2.24) is 9.66 Å². The van der Waals surface area contributed by atoms with Gasteiger partial charge in [-0.25, -0.2) is 4.98 Å². The van der Waals surface area contributed by atoms with Gasteiger partial charge in [-0.05, 0) is 31.2 Å². The summed E-state index contributed by atoms with van der Waals surface area (Å²) >= 11 is 1.41. The van der Waals surface area contributed by atoms with Gasteiger partial charge in [-0.2, -0.15) is 9.78 Å². The van der Waals surface area contributed by atoms with Crippen LogP contribution >= 0.6 is 11.3 Å². The van der Waals surface area contributed by atoms with Crippen LogP contribution in [0.1, 0.15) is 11.6 Å². The first-order valence-corrected chi connectivity index (χ1v) is 7.74. The van der Waals surface area contributed by atoms with Gasteiger partial charge in [0.05, 0.1) is 24.1 Å². The zero-order valence-electron chi connectivity index (χ0n) is 12.1. The topological polar surface area (TPSA) is 73.5 Å². The number of aromatic nitrogens is 2. The van der Waals surface area contributed by atoms with E-state index in [1.165, 1.54) is 22.2 Å². The Morgan fingerprint density at radius 1 is 1.26 bits per heavy atom. The molecule has 0 fully saturated rings. The summed E-state index contributed by atoms with van der Waals surface area (Å²) in [7, 11) is 0. The fourth-order valence-electron chi connectivity index (χ4n) is 2.31. The summed E-state index contributed by atoms with van der Waals surface area (Å²) in [5.74, 6) is 1.71. The molecule has 0 saturated carbocycles. The van der Waals surface area contributed by atoms with Gasteiger partial charge in [0.2, 0.25) is 0 Å². The average Bonchev–Trinajstić information content (AvgIpc) is 3.28. The summed E-state index contributed by atoms with van der Waals surface area (Å²) in [6, 6.07) is 7.12. The maximum absolute atomic E-state index is 12.8. The molecule has 0 bridgehead atoms. The molecule has 0 aliphatic carbocycles. The van der Waals surface area contributed by atoms with Gasteiger partial charge in [-0.1, -0.05) is 0 Å². The highest BCUT2D eigenvalue weighted by atomic mass is 32.1. The number of nitrogens with zero attached hydrogens (tertiary/aromatic N) is 3. The van der Waals surface area contributed by atoms with E-state index in [1.807, 2.05) is 11.4 Å². The number of hydrogen-bond acceptors (Lipinski definition) is 6. The van der Waals surface area contributed by atoms with Crippen molar-refractivity contribution in [2.75, 3.05) is 0 Å². The van der Waals surface area contributed by atoms with Crippen LogP contribution in [0.25, 0.3) is 21.5 Å². The molecule has 4 aromatic rings. The Hall–Kier alpha value is -2.93. The van der Waals surface area contributed by atoms with Crippen molar-refractivity contribution in [3.63, 3.8) is 0 Å². The van der Waals surface area contributed by atoms with E-state index >= 15 is 0 Å². The molecule has 6 nitrogen and oxygen atoms in total. The van der Waals surface area contributed by atoms with Crippen LogP contribution in [-0.2, 0) is 0 Å². The first-order valence-electron chi connectivity index (χ1n) is 6.86. The number of thiophene rings is 1. The molecule has 23 heavy (non-hydrogen) atoms. The molecule has 0 amide bonds. The summed E-state index contributed by atoms with van der Waals surface area (Å²) in [5, 5.41) is 6.58. The van der Waals surface area contributed by atoms with Crippen molar-refractivity contribution in [2.45, 2.75) is 6.92 Å². The van der Waals surface area contributed by atoms with E-state index in [1.54, 1.807) is 37.6 Å². The van der Waals surface area contributed by atoms with E-state index in [0.717, 1.165) is 5.56 Å². The van der Waals surface area contributed by atoms with E-state index in [2.05, 4.69) is 10.1 Å². The van der Waals surface area contributed by atoms with E-state index < -0.39 is 0 Å². The lowest BCUT2D eigenvalue weighted by Gasteiger charge is -2.03. The second-order valence-corrected chi connectivity index (χ2v) is 5.70. The SMILES string of the molecule is Cc1nc2scc(-c3ccco3)c2c(=O)n1/N=C/c1ccco1. The van der Waals surface area contributed by atoms with E-state index in [0.29, 0.717) is 27.6 Å². The van der Waals surface area contributed by atoms with E-state index in [4.69, 9.17) is 8.83 Å². The molecule has 0 aliphatic heterocycles. The Morgan fingerprint density at radius 3 is 2.83 bits per heavy atom. The van der Waals surface area contributed by atoms with Gasteiger partial charge in [0, 0.05) is 10.9 Å². The smallest absolute Gasteiger partial charge is 0.283 e. The minimum atomic E-state index is -0.233. The van der Waals surface area contributed by atoms with Crippen LogP contribution in [0, 0.1) is 6.92 Å².